The van der Waals surface area contributed by atoms with Crippen LogP contribution < -0.4 is 11.1 Å². The van der Waals surface area contributed by atoms with Crippen LogP contribution >= 0.6 is 11.3 Å². The molecule has 8 heteroatoms. The minimum Gasteiger partial charge on any atom is -0.363 e. The number of hydrogen-bond donors (Lipinski definition) is 2. The Labute approximate surface area is 182 Å². The van der Waals surface area contributed by atoms with Crippen molar-refractivity contribution in [2.45, 2.75) is 12.5 Å². The van der Waals surface area contributed by atoms with Crippen molar-refractivity contribution in [3.05, 3.63) is 77.3 Å². The van der Waals surface area contributed by atoms with Crippen molar-refractivity contribution < 1.29 is 14.4 Å². The van der Waals surface area contributed by atoms with E-state index in [2.05, 4.69) is 10.4 Å². The standard InChI is InChI=1S/C23H20N4O3S/c1-27-12-16(20(26-27)17-13-31-19-10-6-5-9-15(17)19)23(30)25-18(21(28)22(24)29)11-14-7-3-2-4-8-14/h2-10,12-13,18H,11H2,1H3,(H2,24,29)(H,25,30). The second-order valence-electron chi connectivity index (χ2n) is 7.15. The van der Waals surface area contributed by atoms with E-state index in [4.69, 9.17) is 5.73 Å². The molecule has 3 N–H and O–H groups in total. The monoisotopic (exact) mass is 432 g/mol. The number of carbonyl (C=O) groups is 3. The van der Waals surface area contributed by atoms with Crippen LogP contribution in [-0.2, 0) is 23.1 Å². The van der Waals surface area contributed by atoms with Crippen LogP contribution in [0, 0.1) is 0 Å². The number of Topliss-reactive ketones (excluding diaryl/α,β-unsaturated/α-hetero) is 1. The SMILES string of the molecule is Cn1cc(C(=O)NC(Cc2ccccc2)C(=O)C(N)=O)c(-c2csc3ccccc23)n1. The Balaban J connectivity index is 1.67. The van der Waals surface area contributed by atoms with Gasteiger partial charge in [-0.1, -0.05) is 48.5 Å². The lowest BCUT2D eigenvalue weighted by molar-refractivity contribution is -0.137. The Morgan fingerprint density at radius 2 is 1.81 bits per heavy atom. The number of nitrogens with zero attached hydrogens (tertiary/aromatic N) is 2. The molecule has 0 aliphatic carbocycles. The number of thiophene rings is 1. The first-order valence-corrected chi connectivity index (χ1v) is 10.5. The molecule has 31 heavy (non-hydrogen) atoms. The van der Waals surface area contributed by atoms with E-state index in [0.717, 1.165) is 21.2 Å². The highest BCUT2D eigenvalue weighted by atomic mass is 32.1. The van der Waals surface area contributed by atoms with E-state index in [1.807, 2.05) is 60.0 Å². The summed E-state index contributed by atoms with van der Waals surface area (Å²) < 4.78 is 2.64. The minimum atomic E-state index is -1.09. The van der Waals surface area contributed by atoms with Gasteiger partial charge >= 0.3 is 0 Å². The van der Waals surface area contributed by atoms with Gasteiger partial charge in [0.05, 0.1) is 5.56 Å². The smallest absolute Gasteiger partial charge is 0.287 e. The molecule has 4 rings (SSSR count). The zero-order valence-electron chi connectivity index (χ0n) is 16.7. The summed E-state index contributed by atoms with van der Waals surface area (Å²) in [5.41, 5.74) is 7.70. The van der Waals surface area contributed by atoms with Crippen LogP contribution in [0.25, 0.3) is 21.3 Å². The second-order valence-corrected chi connectivity index (χ2v) is 8.07. The van der Waals surface area contributed by atoms with Crippen LogP contribution in [-0.4, -0.2) is 33.4 Å². The molecular formula is C23H20N4O3S. The molecule has 7 nitrogen and oxygen atoms in total. The van der Waals surface area contributed by atoms with Crippen molar-refractivity contribution in [2.24, 2.45) is 12.8 Å². The third kappa shape index (κ3) is 4.24. The maximum Gasteiger partial charge on any atom is 0.287 e. The molecule has 0 saturated heterocycles. The van der Waals surface area contributed by atoms with Crippen LogP contribution in [0.1, 0.15) is 15.9 Å². The Morgan fingerprint density at radius 1 is 1.10 bits per heavy atom. The van der Waals surface area contributed by atoms with E-state index < -0.39 is 23.6 Å². The summed E-state index contributed by atoms with van der Waals surface area (Å²) in [5.74, 6) is -2.42. The first-order valence-electron chi connectivity index (χ1n) is 9.62. The maximum atomic E-state index is 13.2. The van der Waals surface area contributed by atoms with Crippen molar-refractivity contribution in [1.82, 2.24) is 15.1 Å². The van der Waals surface area contributed by atoms with Gasteiger partial charge < -0.3 is 11.1 Å². The first-order chi connectivity index (χ1) is 14.9. The molecule has 1 atom stereocenters. The molecular weight excluding hydrogens is 412 g/mol. The number of fused-ring (bicyclic) bond motifs is 1. The summed E-state index contributed by atoms with van der Waals surface area (Å²) in [5, 5.41) is 10.1. The van der Waals surface area contributed by atoms with E-state index in [1.54, 1.807) is 29.3 Å². The highest BCUT2D eigenvalue weighted by Crippen LogP contribution is 2.34. The summed E-state index contributed by atoms with van der Waals surface area (Å²) in [7, 11) is 1.73. The summed E-state index contributed by atoms with van der Waals surface area (Å²) in [6, 6.07) is 15.9. The Morgan fingerprint density at radius 3 is 2.55 bits per heavy atom. The molecule has 0 bridgehead atoms. The van der Waals surface area contributed by atoms with Gasteiger partial charge in [0, 0.05) is 40.7 Å². The summed E-state index contributed by atoms with van der Waals surface area (Å²) >= 11 is 1.57. The maximum absolute atomic E-state index is 13.2. The molecule has 4 aromatic rings. The average molecular weight is 433 g/mol. The minimum absolute atomic E-state index is 0.158. The molecule has 0 aliphatic heterocycles. The van der Waals surface area contributed by atoms with Gasteiger partial charge in [-0.25, -0.2) is 0 Å². The molecule has 0 radical (unpaired) electrons. The number of benzene rings is 2. The van der Waals surface area contributed by atoms with Crippen LogP contribution in [0.2, 0.25) is 0 Å². The van der Waals surface area contributed by atoms with Gasteiger partial charge in [-0.2, -0.15) is 5.10 Å². The van der Waals surface area contributed by atoms with Gasteiger partial charge in [0.1, 0.15) is 11.7 Å². The number of aryl methyl sites for hydroxylation is 1. The number of nitrogens with one attached hydrogen (secondary N) is 1. The zero-order valence-corrected chi connectivity index (χ0v) is 17.6. The fourth-order valence-corrected chi connectivity index (χ4v) is 4.43. The second kappa shape index (κ2) is 8.53. The number of hydrogen-bond acceptors (Lipinski definition) is 5. The topological polar surface area (TPSA) is 107 Å². The van der Waals surface area contributed by atoms with Crippen LogP contribution in [0.5, 0.6) is 0 Å². The lowest BCUT2D eigenvalue weighted by atomic mass is 10.0. The van der Waals surface area contributed by atoms with Crippen LogP contribution in [0.3, 0.4) is 0 Å². The number of carbonyl (C=O) groups excluding carboxylic acids is 3. The Hall–Kier alpha value is -3.78. The first kappa shape index (κ1) is 20.5. The normalized spacial score (nSPS) is 11.9. The third-order valence-electron chi connectivity index (χ3n) is 4.96. The number of nitrogens with two attached hydrogens (primary N) is 1. The van der Waals surface area contributed by atoms with Gasteiger partial charge in [0.25, 0.3) is 11.8 Å². The molecule has 2 aromatic carbocycles. The van der Waals surface area contributed by atoms with Crippen LogP contribution in [0.15, 0.2) is 66.2 Å². The highest BCUT2D eigenvalue weighted by Gasteiger charge is 2.28. The molecule has 0 fully saturated rings. The van der Waals surface area contributed by atoms with Gasteiger partial charge in [-0.15, -0.1) is 11.3 Å². The molecule has 2 aromatic heterocycles. The van der Waals surface area contributed by atoms with E-state index in [1.165, 1.54) is 0 Å². The Bertz CT molecular complexity index is 1280. The number of primary amides is 1. The number of aromatic nitrogens is 2. The van der Waals surface area contributed by atoms with E-state index in [9.17, 15) is 14.4 Å². The quantitative estimate of drug-likeness (QED) is 0.438. The molecule has 156 valence electrons. The fourth-order valence-electron chi connectivity index (χ4n) is 3.48. The van der Waals surface area contributed by atoms with Crippen molar-refractivity contribution in [1.29, 1.82) is 0 Å². The summed E-state index contributed by atoms with van der Waals surface area (Å²) in [6.45, 7) is 0. The van der Waals surface area contributed by atoms with Crippen molar-refractivity contribution in [3.63, 3.8) is 0 Å². The van der Waals surface area contributed by atoms with Crippen molar-refractivity contribution in [3.8, 4) is 11.3 Å². The van der Waals surface area contributed by atoms with E-state index in [-0.39, 0.29) is 6.42 Å². The van der Waals surface area contributed by atoms with Gasteiger partial charge in [0.2, 0.25) is 5.78 Å². The fraction of sp³-hybridized carbons (Fsp3) is 0.130. The summed E-state index contributed by atoms with van der Waals surface area (Å²) in [6.07, 6.45) is 1.76. The largest absolute Gasteiger partial charge is 0.363 e. The zero-order chi connectivity index (χ0) is 22.0. The molecule has 2 amide bonds. The van der Waals surface area contributed by atoms with E-state index in [0.29, 0.717) is 11.3 Å². The Kier molecular flexibility index (Phi) is 5.64. The molecule has 0 saturated carbocycles. The summed E-state index contributed by atoms with van der Waals surface area (Å²) in [4.78, 5) is 37.1. The van der Waals surface area contributed by atoms with Gasteiger partial charge in [-0.05, 0) is 11.6 Å². The average Bonchev–Trinajstić information content (AvgIpc) is 3.36. The highest BCUT2D eigenvalue weighted by molar-refractivity contribution is 7.17. The molecule has 2 heterocycles. The third-order valence-corrected chi connectivity index (χ3v) is 5.92. The lowest BCUT2D eigenvalue weighted by Crippen LogP contribution is -2.47. The van der Waals surface area contributed by atoms with Crippen molar-refractivity contribution in [2.75, 3.05) is 0 Å². The predicted molar refractivity (Wildman–Crippen MR) is 120 cm³/mol. The lowest BCUT2D eigenvalue weighted by Gasteiger charge is -2.16. The van der Waals surface area contributed by atoms with Crippen molar-refractivity contribution >= 4 is 39.0 Å². The number of ketones is 1. The molecule has 0 spiro atoms. The van der Waals surface area contributed by atoms with Gasteiger partial charge in [0.15, 0.2) is 0 Å². The van der Waals surface area contributed by atoms with Gasteiger partial charge in [-0.3, -0.25) is 19.1 Å². The predicted octanol–water partition coefficient (Wildman–Crippen LogP) is 2.70. The molecule has 0 aliphatic rings. The number of rotatable bonds is 7. The van der Waals surface area contributed by atoms with Crippen LogP contribution in [0.4, 0.5) is 0 Å². The molecule has 1 unspecified atom stereocenters. The van der Waals surface area contributed by atoms with E-state index >= 15 is 0 Å². The number of amides is 2.